The molecule has 4 heteroatoms. The number of benzene rings is 1. The highest BCUT2D eigenvalue weighted by Gasteiger charge is 2.21. The van der Waals surface area contributed by atoms with E-state index >= 15 is 0 Å². The molecule has 0 aliphatic rings. The predicted molar refractivity (Wildman–Crippen MR) is 80.5 cm³/mol. The summed E-state index contributed by atoms with van der Waals surface area (Å²) >= 11 is 0. The summed E-state index contributed by atoms with van der Waals surface area (Å²) < 4.78 is 7.48. The smallest absolute Gasteiger partial charge is 0.0952 e. The highest BCUT2D eigenvalue weighted by Crippen LogP contribution is 2.25. The molecule has 1 aromatic carbocycles. The van der Waals surface area contributed by atoms with E-state index < -0.39 is 0 Å². The monoisotopic (exact) mass is 273 g/mol. The van der Waals surface area contributed by atoms with Crippen LogP contribution in [0.15, 0.2) is 42.9 Å². The number of imidazole rings is 1. The molecule has 2 unspecified atom stereocenters. The number of hydrogen-bond donors (Lipinski definition) is 1. The maximum atomic E-state index is 6.39. The van der Waals surface area contributed by atoms with Gasteiger partial charge in [-0.05, 0) is 11.5 Å². The van der Waals surface area contributed by atoms with Gasteiger partial charge in [-0.3, -0.25) is 0 Å². The fourth-order valence-electron chi connectivity index (χ4n) is 2.43. The van der Waals surface area contributed by atoms with Crippen LogP contribution in [0.2, 0.25) is 0 Å². The normalized spacial score (nSPS) is 14.4. The van der Waals surface area contributed by atoms with Gasteiger partial charge in [-0.1, -0.05) is 44.2 Å². The molecular weight excluding hydrogens is 250 g/mol. The van der Waals surface area contributed by atoms with Crippen LogP contribution < -0.4 is 5.73 Å². The SMILES string of the molecule is COCC(C(C)C)n1cncc1C(N)c1ccccc1. The van der Waals surface area contributed by atoms with E-state index in [2.05, 4.69) is 23.4 Å². The Morgan fingerprint density at radius 1 is 1.25 bits per heavy atom. The largest absolute Gasteiger partial charge is 0.383 e. The van der Waals surface area contributed by atoms with Gasteiger partial charge in [-0.15, -0.1) is 0 Å². The summed E-state index contributed by atoms with van der Waals surface area (Å²) in [5, 5.41) is 0. The first-order chi connectivity index (χ1) is 9.65. The van der Waals surface area contributed by atoms with Crippen molar-refractivity contribution in [1.82, 2.24) is 9.55 Å². The van der Waals surface area contributed by atoms with Crippen LogP contribution in [0, 0.1) is 5.92 Å². The van der Waals surface area contributed by atoms with E-state index in [0.717, 1.165) is 11.3 Å². The molecule has 2 rings (SSSR count). The molecule has 0 radical (unpaired) electrons. The van der Waals surface area contributed by atoms with Crippen molar-refractivity contribution in [3.05, 3.63) is 54.1 Å². The third kappa shape index (κ3) is 3.08. The van der Waals surface area contributed by atoms with Crippen molar-refractivity contribution in [2.75, 3.05) is 13.7 Å². The zero-order valence-corrected chi connectivity index (χ0v) is 12.4. The highest BCUT2D eigenvalue weighted by atomic mass is 16.5. The van der Waals surface area contributed by atoms with E-state index in [1.807, 2.05) is 42.9 Å². The van der Waals surface area contributed by atoms with Gasteiger partial charge in [-0.2, -0.15) is 0 Å². The number of rotatable bonds is 6. The minimum Gasteiger partial charge on any atom is -0.383 e. The van der Waals surface area contributed by atoms with Gasteiger partial charge in [0.1, 0.15) is 0 Å². The summed E-state index contributed by atoms with van der Waals surface area (Å²) in [4.78, 5) is 4.28. The van der Waals surface area contributed by atoms with E-state index in [4.69, 9.17) is 10.5 Å². The van der Waals surface area contributed by atoms with Gasteiger partial charge >= 0.3 is 0 Å². The zero-order chi connectivity index (χ0) is 14.5. The summed E-state index contributed by atoms with van der Waals surface area (Å²) in [5.41, 5.74) is 8.51. The van der Waals surface area contributed by atoms with Crippen LogP contribution in [-0.2, 0) is 4.74 Å². The average Bonchev–Trinajstić information content (AvgIpc) is 2.93. The van der Waals surface area contributed by atoms with Gasteiger partial charge in [0.15, 0.2) is 0 Å². The van der Waals surface area contributed by atoms with Crippen molar-refractivity contribution < 1.29 is 4.74 Å². The highest BCUT2D eigenvalue weighted by molar-refractivity contribution is 5.26. The summed E-state index contributed by atoms with van der Waals surface area (Å²) in [6.07, 6.45) is 3.70. The number of nitrogens with zero attached hydrogens (tertiary/aromatic N) is 2. The molecular formula is C16H23N3O. The lowest BCUT2D eigenvalue weighted by molar-refractivity contribution is 0.131. The Balaban J connectivity index is 2.32. The van der Waals surface area contributed by atoms with E-state index in [9.17, 15) is 0 Å². The predicted octanol–water partition coefficient (Wildman–Crippen LogP) is 2.77. The molecule has 0 saturated carbocycles. The van der Waals surface area contributed by atoms with Crippen molar-refractivity contribution in [2.45, 2.75) is 25.9 Å². The molecule has 0 aliphatic heterocycles. The minimum atomic E-state index is -0.170. The fourth-order valence-corrected chi connectivity index (χ4v) is 2.43. The van der Waals surface area contributed by atoms with Gasteiger partial charge < -0.3 is 15.0 Å². The Labute approximate surface area is 120 Å². The molecule has 0 spiro atoms. The first-order valence-corrected chi connectivity index (χ1v) is 6.96. The molecule has 1 aromatic heterocycles. The Hall–Kier alpha value is -1.65. The molecule has 4 nitrogen and oxygen atoms in total. The van der Waals surface area contributed by atoms with Crippen LogP contribution in [0.5, 0.6) is 0 Å². The van der Waals surface area contributed by atoms with Gasteiger partial charge in [0, 0.05) is 7.11 Å². The molecule has 0 bridgehead atoms. The Bertz CT molecular complexity index is 522. The molecule has 108 valence electrons. The maximum Gasteiger partial charge on any atom is 0.0952 e. The topological polar surface area (TPSA) is 53.1 Å². The molecule has 20 heavy (non-hydrogen) atoms. The van der Waals surface area contributed by atoms with Crippen LogP contribution >= 0.6 is 0 Å². The lowest BCUT2D eigenvalue weighted by Gasteiger charge is -2.25. The average molecular weight is 273 g/mol. The second-order valence-corrected chi connectivity index (χ2v) is 5.38. The van der Waals surface area contributed by atoms with Crippen molar-refractivity contribution in [1.29, 1.82) is 0 Å². The fraction of sp³-hybridized carbons (Fsp3) is 0.438. The third-order valence-electron chi connectivity index (χ3n) is 3.64. The standard InChI is InChI=1S/C16H23N3O/c1-12(2)15(10-20-3)19-11-18-9-14(19)16(17)13-7-5-4-6-8-13/h4-9,11-12,15-16H,10,17H2,1-3H3. The van der Waals surface area contributed by atoms with E-state index in [1.165, 1.54) is 0 Å². The Kier molecular flexibility index (Phi) is 4.93. The summed E-state index contributed by atoms with van der Waals surface area (Å²) in [6.45, 7) is 5.02. The zero-order valence-electron chi connectivity index (χ0n) is 12.4. The summed E-state index contributed by atoms with van der Waals surface area (Å²) in [5.74, 6) is 0.450. The molecule has 2 N–H and O–H groups in total. The summed E-state index contributed by atoms with van der Waals surface area (Å²) in [6, 6.07) is 10.2. The second-order valence-electron chi connectivity index (χ2n) is 5.38. The van der Waals surface area contributed by atoms with Crippen LogP contribution in [0.1, 0.15) is 37.2 Å². The molecule has 2 aromatic rings. The Morgan fingerprint density at radius 2 is 1.95 bits per heavy atom. The molecule has 0 saturated heterocycles. The lowest BCUT2D eigenvalue weighted by atomic mass is 10.0. The van der Waals surface area contributed by atoms with Gasteiger partial charge in [0.25, 0.3) is 0 Å². The van der Waals surface area contributed by atoms with Crippen molar-refractivity contribution in [2.24, 2.45) is 11.7 Å². The maximum absolute atomic E-state index is 6.39. The number of methoxy groups -OCH3 is 1. The molecule has 2 atom stereocenters. The van der Waals surface area contributed by atoms with Gasteiger partial charge in [0.2, 0.25) is 0 Å². The number of aromatic nitrogens is 2. The summed E-state index contributed by atoms with van der Waals surface area (Å²) in [7, 11) is 1.73. The van der Waals surface area contributed by atoms with Crippen molar-refractivity contribution in [3.8, 4) is 0 Å². The molecule has 0 amide bonds. The van der Waals surface area contributed by atoms with E-state index in [0.29, 0.717) is 12.5 Å². The van der Waals surface area contributed by atoms with Crippen LogP contribution in [0.25, 0.3) is 0 Å². The number of hydrogen-bond acceptors (Lipinski definition) is 3. The Morgan fingerprint density at radius 3 is 2.55 bits per heavy atom. The van der Waals surface area contributed by atoms with Crippen LogP contribution in [0.4, 0.5) is 0 Å². The van der Waals surface area contributed by atoms with Crippen LogP contribution in [0.3, 0.4) is 0 Å². The van der Waals surface area contributed by atoms with E-state index in [-0.39, 0.29) is 12.1 Å². The minimum absolute atomic E-state index is 0.170. The van der Waals surface area contributed by atoms with Gasteiger partial charge in [-0.25, -0.2) is 4.98 Å². The second kappa shape index (κ2) is 6.68. The number of nitrogens with two attached hydrogens (primary N) is 1. The van der Waals surface area contributed by atoms with Crippen LogP contribution in [-0.4, -0.2) is 23.3 Å². The van der Waals surface area contributed by atoms with E-state index in [1.54, 1.807) is 7.11 Å². The molecule has 1 heterocycles. The number of ether oxygens (including phenoxy) is 1. The third-order valence-corrected chi connectivity index (χ3v) is 3.64. The first-order valence-electron chi connectivity index (χ1n) is 6.96. The molecule has 0 fully saturated rings. The van der Waals surface area contributed by atoms with Gasteiger partial charge in [0.05, 0.1) is 36.9 Å². The van der Waals surface area contributed by atoms with Crippen molar-refractivity contribution >= 4 is 0 Å². The molecule has 0 aliphatic carbocycles. The lowest BCUT2D eigenvalue weighted by Crippen LogP contribution is -2.25. The quantitative estimate of drug-likeness (QED) is 0.880. The first kappa shape index (κ1) is 14.8. The van der Waals surface area contributed by atoms with Crippen molar-refractivity contribution in [3.63, 3.8) is 0 Å².